The van der Waals surface area contributed by atoms with Crippen LogP contribution in [0.15, 0.2) is 45.6 Å². The molecule has 0 fully saturated rings. The third kappa shape index (κ3) is 5.61. The van der Waals surface area contributed by atoms with Gasteiger partial charge in [-0.15, -0.1) is 0 Å². The average Bonchev–Trinajstić information content (AvgIpc) is 3.19. The van der Waals surface area contributed by atoms with Crippen molar-refractivity contribution >= 4 is 5.91 Å². The molecule has 3 aromatic rings. The molecule has 9 nitrogen and oxygen atoms in total. The number of rotatable bonds is 9. The van der Waals surface area contributed by atoms with Gasteiger partial charge < -0.3 is 19.6 Å². The van der Waals surface area contributed by atoms with Gasteiger partial charge in [0.15, 0.2) is 17.4 Å². The van der Waals surface area contributed by atoms with Gasteiger partial charge in [-0.25, -0.2) is 4.98 Å². The van der Waals surface area contributed by atoms with Crippen LogP contribution in [0.4, 0.5) is 0 Å². The SMILES string of the molecule is COCc1nc(C(Cc2ccccc2)NC(=O)CC(C)(C)c2oc(C)cc(=O)c2O)n[nH]1. The van der Waals surface area contributed by atoms with Gasteiger partial charge in [0.25, 0.3) is 0 Å². The first-order valence-electron chi connectivity index (χ1n) is 10.3. The van der Waals surface area contributed by atoms with E-state index in [0.717, 1.165) is 5.56 Å². The molecule has 0 saturated carbocycles. The number of carbonyl (C=O) groups excluding carboxylic acids is 1. The number of hydrogen-bond acceptors (Lipinski definition) is 7. The van der Waals surface area contributed by atoms with Crippen LogP contribution in [0.25, 0.3) is 0 Å². The van der Waals surface area contributed by atoms with Crippen molar-refractivity contribution in [1.29, 1.82) is 0 Å². The second-order valence-corrected chi connectivity index (χ2v) is 8.34. The summed E-state index contributed by atoms with van der Waals surface area (Å²) in [6.07, 6.45) is 0.468. The number of aryl methyl sites for hydroxylation is 1. The van der Waals surface area contributed by atoms with Crippen LogP contribution in [-0.4, -0.2) is 33.3 Å². The second-order valence-electron chi connectivity index (χ2n) is 8.34. The highest BCUT2D eigenvalue weighted by atomic mass is 16.5. The monoisotopic (exact) mass is 440 g/mol. The number of amides is 1. The van der Waals surface area contributed by atoms with E-state index < -0.39 is 22.6 Å². The molecule has 1 amide bonds. The number of benzene rings is 1. The van der Waals surface area contributed by atoms with Gasteiger partial charge in [0.05, 0.1) is 6.04 Å². The maximum Gasteiger partial charge on any atom is 0.227 e. The van der Waals surface area contributed by atoms with Crippen LogP contribution in [0.5, 0.6) is 5.75 Å². The van der Waals surface area contributed by atoms with Crippen molar-refractivity contribution < 1.29 is 19.1 Å². The minimum absolute atomic E-state index is 0.0202. The standard InChI is InChI=1S/C23H28N4O5/c1-14-10-17(28)20(30)21(32-14)23(2,3)12-19(29)24-16(11-15-8-6-5-7-9-15)22-25-18(13-31-4)26-27-22/h5-10,16,30H,11-13H2,1-4H3,(H,24,29)(H,25,26,27). The number of nitrogens with zero attached hydrogens (tertiary/aromatic N) is 2. The van der Waals surface area contributed by atoms with Gasteiger partial charge >= 0.3 is 0 Å². The van der Waals surface area contributed by atoms with E-state index in [4.69, 9.17) is 9.15 Å². The number of hydrogen-bond donors (Lipinski definition) is 3. The van der Waals surface area contributed by atoms with E-state index in [1.165, 1.54) is 6.07 Å². The average molecular weight is 441 g/mol. The first-order chi connectivity index (χ1) is 15.2. The summed E-state index contributed by atoms with van der Waals surface area (Å²) in [6, 6.07) is 10.4. The Bertz CT molecular complexity index is 1120. The summed E-state index contributed by atoms with van der Waals surface area (Å²) in [5.74, 6) is 0.672. The lowest BCUT2D eigenvalue weighted by atomic mass is 9.85. The van der Waals surface area contributed by atoms with E-state index in [1.54, 1.807) is 27.9 Å². The van der Waals surface area contributed by atoms with Crippen LogP contribution in [0.1, 0.15) is 55.0 Å². The third-order valence-electron chi connectivity index (χ3n) is 5.02. The minimum atomic E-state index is -0.920. The van der Waals surface area contributed by atoms with Crippen molar-refractivity contribution in [2.24, 2.45) is 0 Å². The van der Waals surface area contributed by atoms with E-state index >= 15 is 0 Å². The molecule has 1 atom stereocenters. The fraction of sp³-hybridized carbons (Fsp3) is 0.391. The highest BCUT2D eigenvalue weighted by molar-refractivity contribution is 5.78. The molecule has 0 saturated heterocycles. The molecular formula is C23H28N4O5. The summed E-state index contributed by atoms with van der Waals surface area (Å²) in [4.78, 5) is 29.4. The number of methoxy groups -OCH3 is 1. The maximum atomic E-state index is 13.0. The van der Waals surface area contributed by atoms with Gasteiger partial charge in [-0.2, -0.15) is 5.10 Å². The van der Waals surface area contributed by atoms with Gasteiger partial charge in [0, 0.05) is 31.4 Å². The van der Waals surface area contributed by atoms with Crippen molar-refractivity contribution in [3.63, 3.8) is 0 Å². The molecule has 0 spiro atoms. The van der Waals surface area contributed by atoms with Crippen LogP contribution in [0, 0.1) is 6.92 Å². The molecule has 170 valence electrons. The summed E-state index contributed by atoms with van der Waals surface area (Å²) in [6.45, 7) is 5.37. The number of aromatic amines is 1. The van der Waals surface area contributed by atoms with Gasteiger partial charge in [0.2, 0.25) is 17.1 Å². The van der Waals surface area contributed by atoms with Crippen LogP contribution in [0.3, 0.4) is 0 Å². The molecule has 0 bridgehead atoms. The van der Waals surface area contributed by atoms with E-state index in [0.29, 0.717) is 23.8 Å². The van der Waals surface area contributed by atoms with E-state index in [2.05, 4.69) is 20.5 Å². The predicted molar refractivity (Wildman–Crippen MR) is 117 cm³/mol. The van der Waals surface area contributed by atoms with Crippen molar-refractivity contribution in [3.8, 4) is 5.75 Å². The number of carbonyl (C=O) groups is 1. The zero-order valence-corrected chi connectivity index (χ0v) is 18.6. The summed E-state index contributed by atoms with van der Waals surface area (Å²) in [5, 5.41) is 20.3. The lowest BCUT2D eigenvalue weighted by molar-refractivity contribution is -0.123. The van der Waals surface area contributed by atoms with Crippen molar-refractivity contribution in [1.82, 2.24) is 20.5 Å². The molecule has 2 heterocycles. The van der Waals surface area contributed by atoms with Gasteiger partial charge in [-0.1, -0.05) is 44.2 Å². The van der Waals surface area contributed by atoms with Crippen LogP contribution in [0.2, 0.25) is 0 Å². The highest BCUT2D eigenvalue weighted by Gasteiger charge is 2.32. The molecule has 0 aliphatic heterocycles. The third-order valence-corrected chi connectivity index (χ3v) is 5.02. The Balaban J connectivity index is 1.82. The molecule has 3 rings (SSSR count). The molecule has 3 N–H and O–H groups in total. The van der Waals surface area contributed by atoms with Crippen LogP contribution < -0.4 is 10.7 Å². The lowest BCUT2D eigenvalue weighted by Crippen LogP contribution is -2.35. The Kier molecular flexibility index (Phi) is 7.09. The zero-order valence-electron chi connectivity index (χ0n) is 18.6. The second kappa shape index (κ2) is 9.78. The maximum absolute atomic E-state index is 13.0. The normalized spacial score (nSPS) is 12.5. The quantitative estimate of drug-likeness (QED) is 0.466. The fourth-order valence-corrected chi connectivity index (χ4v) is 3.51. The first kappa shape index (κ1) is 23.2. The number of H-pyrrole nitrogens is 1. The molecule has 9 heteroatoms. The number of nitrogens with one attached hydrogen (secondary N) is 2. The molecule has 1 aromatic carbocycles. The Hall–Kier alpha value is -3.46. The minimum Gasteiger partial charge on any atom is -0.502 e. The van der Waals surface area contributed by atoms with E-state index in [1.807, 2.05) is 30.3 Å². The molecule has 32 heavy (non-hydrogen) atoms. The highest BCUT2D eigenvalue weighted by Crippen LogP contribution is 2.32. The van der Waals surface area contributed by atoms with Crippen LogP contribution in [-0.2, 0) is 28.0 Å². The Morgan fingerprint density at radius 1 is 1.31 bits per heavy atom. The van der Waals surface area contributed by atoms with Gasteiger partial charge in [0.1, 0.15) is 12.4 Å². The number of ether oxygens (including phenoxy) is 1. The Morgan fingerprint density at radius 3 is 2.72 bits per heavy atom. The molecule has 0 aliphatic carbocycles. The summed E-state index contributed by atoms with van der Waals surface area (Å²) >= 11 is 0. The van der Waals surface area contributed by atoms with Crippen molar-refractivity contribution in [2.75, 3.05) is 7.11 Å². The summed E-state index contributed by atoms with van der Waals surface area (Å²) in [5.41, 5.74) is -0.445. The summed E-state index contributed by atoms with van der Waals surface area (Å²) < 4.78 is 10.7. The number of aromatic nitrogens is 3. The smallest absolute Gasteiger partial charge is 0.227 e. The van der Waals surface area contributed by atoms with Gasteiger partial charge in [-0.3, -0.25) is 14.7 Å². The predicted octanol–water partition coefficient (Wildman–Crippen LogP) is 2.69. The zero-order chi connectivity index (χ0) is 23.3. The van der Waals surface area contributed by atoms with Crippen molar-refractivity contribution in [3.05, 3.63) is 75.4 Å². The van der Waals surface area contributed by atoms with Crippen LogP contribution >= 0.6 is 0 Å². The molecule has 2 aromatic heterocycles. The van der Waals surface area contributed by atoms with Gasteiger partial charge in [-0.05, 0) is 12.5 Å². The first-order valence-corrected chi connectivity index (χ1v) is 10.3. The fourth-order valence-electron chi connectivity index (χ4n) is 3.51. The molecule has 0 aliphatic rings. The topological polar surface area (TPSA) is 130 Å². The lowest BCUT2D eigenvalue weighted by Gasteiger charge is -2.25. The van der Waals surface area contributed by atoms with E-state index in [-0.39, 0.29) is 24.7 Å². The van der Waals surface area contributed by atoms with Crippen molar-refractivity contribution in [2.45, 2.75) is 51.7 Å². The number of aromatic hydroxyl groups is 1. The Morgan fingerprint density at radius 2 is 2.03 bits per heavy atom. The largest absolute Gasteiger partial charge is 0.502 e. The Labute approximate surface area is 185 Å². The molecule has 1 unspecified atom stereocenters. The molecule has 0 radical (unpaired) electrons. The molecular weight excluding hydrogens is 412 g/mol. The summed E-state index contributed by atoms with van der Waals surface area (Å²) in [7, 11) is 1.56. The van der Waals surface area contributed by atoms with E-state index in [9.17, 15) is 14.7 Å².